The van der Waals surface area contributed by atoms with Crippen LogP contribution in [-0.2, 0) is 9.53 Å². The number of esters is 1. The first-order chi connectivity index (χ1) is 9.10. The van der Waals surface area contributed by atoms with E-state index in [0.29, 0.717) is 6.54 Å². The molecule has 0 N–H and O–H groups in total. The molecule has 0 bridgehead atoms. The summed E-state index contributed by atoms with van der Waals surface area (Å²) >= 11 is 0. The minimum Gasteiger partial charge on any atom is -0.468 e. The molecule has 1 saturated heterocycles. The molecular weight excluding hydrogens is 244 g/mol. The van der Waals surface area contributed by atoms with Crippen molar-refractivity contribution >= 4 is 11.8 Å². The highest BCUT2D eigenvalue weighted by atomic mass is 16.5. The van der Waals surface area contributed by atoms with E-state index in [9.17, 15) is 4.79 Å². The van der Waals surface area contributed by atoms with Crippen molar-refractivity contribution in [2.75, 3.05) is 44.7 Å². The van der Waals surface area contributed by atoms with Crippen LogP contribution < -0.4 is 4.90 Å². The molecule has 1 fully saturated rings. The number of aryl methyl sites for hydroxylation is 2. The fourth-order valence-electron chi connectivity index (χ4n) is 2.19. The van der Waals surface area contributed by atoms with Crippen LogP contribution in [-0.4, -0.2) is 60.7 Å². The number of rotatable bonds is 3. The molecule has 0 aliphatic carbocycles. The van der Waals surface area contributed by atoms with E-state index >= 15 is 0 Å². The smallest absolute Gasteiger partial charge is 0.319 e. The Morgan fingerprint density at radius 2 is 2.00 bits per heavy atom. The minimum absolute atomic E-state index is 0.181. The van der Waals surface area contributed by atoms with E-state index in [-0.39, 0.29) is 5.97 Å². The van der Waals surface area contributed by atoms with E-state index in [1.54, 1.807) is 6.20 Å². The second kappa shape index (κ2) is 5.97. The first kappa shape index (κ1) is 13.7. The van der Waals surface area contributed by atoms with Crippen LogP contribution >= 0.6 is 0 Å². The van der Waals surface area contributed by atoms with E-state index in [1.165, 1.54) is 7.11 Å². The standard InChI is InChI=1S/C13H20N4O2/c1-10-8-14-11(2)13(15-10)17-6-4-16(5-7-17)9-12(18)19-3/h8H,4-7,9H2,1-3H3. The van der Waals surface area contributed by atoms with E-state index < -0.39 is 0 Å². The highest BCUT2D eigenvalue weighted by molar-refractivity contribution is 5.71. The van der Waals surface area contributed by atoms with Crippen molar-refractivity contribution in [3.8, 4) is 0 Å². The van der Waals surface area contributed by atoms with Crippen molar-refractivity contribution in [1.82, 2.24) is 14.9 Å². The van der Waals surface area contributed by atoms with Gasteiger partial charge < -0.3 is 9.64 Å². The lowest BCUT2D eigenvalue weighted by Gasteiger charge is -2.35. The van der Waals surface area contributed by atoms with Gasteiger partial charge in [-0.15, -0.1) is 0 Å². The predicted octanol–water partition coefficient (Wildman–Crippen LogP) is 0.388. The van der Waals surface area contributed by atoms with Crippen molar-refractivity contribution in [2.24, 2.45) is 0 Å². The highest BCUT2D eigenvalue weighted by Gasteiger charge is 2.21. The molecule has 0 atom stereocenters. The molecule has 1 aliphatic heterocycles. The van der Waals surface area contributed by atoms with Crippen LogP contribution in [0.4, 0.5) is 5.82 Å². The Balaban J connectivity index is 1.96. The van der Waals surface area contributed by atoms with Crippen molar-refractivity contribution in [1.29, 1.82) is 0 Å². The fraction of sp³-hybridized carbons (Fsp3) is 0.615. The van der Waals surface area contributed by atoms with Crippen LogP contribution in [0.1, 0.15) is 11.4 Å². The molecule has 2 heterocycles. The topological polar surface area (TPSA) is 58.6 Å². The first-order valence-corrected chi connectivity index (χ1v) is 6.44. The summed E-state index contributed by atoms with van der Waals surface area (Å²) in [4.78, 5) is 24.4. The second-order valence-corrected chi connectivity index (χ2v) is 4.76. The van der Waals surface area contributed by atoms with Crippen molar-refractivity contribution in [2.45, 2.75) is 13.8 Å². The average Bonchev–Trinajstić information content (AvgIpc) is 2.42. The maximum Gasteiger partial charge on any atom is 0.319 e. The number of hydrogen-bond donors (Lipinski definition) is 0. The summed E-state index contributed by atoms with van der Waals surface area (Å²) in [6, 6.07) is 0. The SMILES string of the molecule is COC(=O)CN1CCN(c2nc(C)cnc2C)CC1. The third-order valence-electron chi connectivity index (χ3n) is 3.30. The molecule has 6 heteroatoms. The van der Waals surface area contributed by atoms with Crippen LogP contribution in [0.3, 0.4) is 0 Å². The molecule has 19 heavy (non-hydrogen) atoms. The Bertz CT molecular complexity index is 456. The van der Waals surface area contributed by atoms with Gasteiger partial charge in [-0.25, -0.2) is 4.98 Å². The molecule has 6 nitrogen and oxygen atoms in total. The van der Waals surface area contributed by atoms with E-state index in [4.69, 9.17) is 0 Å². The van der Waals surface area contributed by atoms with Gasteiger partial charge in [-0.2, -0.15) is 0 Å². The van der Waals surface area contributed by atoms with Crippen molar-refractivity contribution in [3.63, 3.8) is 0 Å². The number of methoxy groups -OCH3 is 1. The number of hydrogen-bond acceptors (Lipinski definition) is 6. The number of anilines is 1. The van der Waals surface area contributed by atoms with Crippen molar-refractivity contribution in [3.05, 3.63) is 17.6 Å². The van der Waals surface area contributed by atoms with Crippen LogP contribution in [0.15, 0.2) is 6.20 Å². The average molecular weight is 264 g/mol. The zero-order chi connectivity index (χ0) is 13.8. The predicted molar refractivity (Wildman–Crippen MR) is 72.2 cm³/mol. The highest BCUT2D eigenvalue weighted by Crippen LogP contribution is 2.17. The normalized spacial score (nSPS) is 16.5. The third-order valence-corrected chi connectivity index (χ3v) is 3.30. The Morgan fingerprint density at radius 1 is 1.32 bits per heavy atom. The molecule has 104 valence electrons. The van der Waals surface area contributed by atoms with Gasteiger partial charge >= 0.3 is 5.97 Å². The van der Waals surface area contributed by atoms with Gasteiger partial charge in [0, 0.05) is 32.4 Å². The van der Waals surface area contributed by atoms with E-state index in [2.05, 4.69) is 24.5 Å². The van der Waals surface area contributed by atoms with E-state index in [0.717, 1.165) is 43.4 Å². The molecule has 1 aliphatic rings. The molecule has 2 rings (SSSR count). The number of aromatic nitrogens is 2. The molecule has 0 radical (unpaired) electrons. The zero-order valence-electron chi connectivity index (χ0n) is 11.7. The monoisotopic (exact) mass is 264 g/mol. The number of piperazine rings is 1. The number of nitrogens with zero attached hydrogens (tertiary/aromatic N) is 4. The number of carbonyl (C=O) groups excluding carboxylic acids is 1. The number of ether oxygens (including phenoxy) is 1. The quantitative estimate of drug-likeness (QED) is 0.736. The lowest BCUT2D eigenvalue weighted by molar-refractivity contribution is -0.142. The van der Waals surface area contributed by atoms with Gasteiger partial charge in [0.1, 0.15) is 5.82 Å². The summed E-state index contributed by atoms with van der Waals surface area (Å²) in [5.41, 5.74) is 1.88. The van der Waals surface area contributed by atoms with Gasteiger partial charge in [0.25, 0.3) is 0 Å². The number of carbonyl (C=O) groups is 1. The molecule has 0 spiro atoms. The molecule has 0 amide bonds. The third kappa shape index (κ3) is 3.41. The maximum absolute atomic E-state index is 11.2. The van der Waals surface area contributed by atoms with Gasteiger partial charge in [0.15, 0.2) is 0 Å². The lowest BCUT2D eigenvalue weighted by Crippen LogP contribution is -2.48. The van der Waals surface area contributed by atoms with Crippen LogP contribution in [0.2, 0.25) is 0 Å². The summed E-state index contributed by atoms with van der Waals surface area (Å²) in [6.45, 7) is 7.68. The summed E-state index contributed by atoms with van der Waals surface area (Å²) in [6.07, 6.45) is 1.78. The van der Waals surface area contributed by atoms with E-state index in [1.807, 2.05) is 13.8 Å². The Hall–Kier alpha value is -1.69. The van der Waals surface area contributed by atoms with Gasteiger partial charge in [0.2, 0.25) is 0 Å². The second-order valence-electron chi connectivity index (χ2n) is 4.76. The van der Waals surface area contributed by atoms with Crippen LogP contribution in [0.25, 0.3) is 0 Å². The Morgan fingerprint density at radius 3 is 2.63 bits per heavy atom. The first-order valence-electron chi connectivity index (χ1n) is 6.44. The summed E-state index contributed by atoms with van der Waals surface area (Å²) in [5.74, 6) is 0.776. The molecule has 1 aromatic heterocycles. The van der Waals surface area contributed by atoms with Gasteiger partial charge in [-0.1, -0.05) is 0 Å². The molecule has 0 aromatic carbocycles. The van der Waals surface area contributed by atoms with Gasteiger partial charge in [-0.3, -0.25) is 14.7 Å². The summed E-state index contributed by atoms with van der Waals surface area (Å²) < 4.78 is 4.68. The van der Waals surface area contributed by atoms with Crippen molar-refractivity contribution < 1.29 is 9.53 Å². The Labute approximate surface area is 113 Å². The fourth-order valence-corrected chi connectivity index (χ4v) is 2.19. The molecular formula is C13H20N4O2. The van der Waals surface area contributed by atoms with Crippen LogP contribution in [0.5, 0.6) is 0 Å². The molecule has 1 aromatic rings. The zero-order valence-corrected chi connectivity index (χ0v) is 11.7. The van der Waals surface area contributed by atoms with Gasteiger partial charge in [0.05, 0.1) is 25.0 Å². The Kier molecular flexibility index (Phi) is 4.31. The summed E-state index contributed by atoms with van der Waals surface area (Å²) in [5, 5.41) is 0. The molecule has 0 unspecified atom stereocenters. The maximum atomic E-state index is 11.2. The van der Waals surface area contributed by atoms with Crippen LogP contribution in [0, 0.1) is 13.8 Å². The minimum atomic E-state index is -0.181. The summed E-state index contributed by atoms with van der Waals surface area (Å²) in [7, 11) is 1.42. The largest absolute Gasteiger partial charge is 0.468 e. The van der Waals surface area contributed by atoms with Gasteiger partial charge in [-0.05, 0) is 13.8 Å². The lowest BCUT2D eigenvalue weighted by atomic mass is 10.3. The molecule has 0 saturated carbocycles.